The SMILES string of the molecule is C=CCc1c2n(c3ccccc13)C(=O)C(=Cc1ncn(C(c3ccccc3)(c3ccccc3)c3ccccc3)c1C)CC2. The molecule has 0 N–H and O–H groups in total. The fourth-order valence-corrected chi connectivity index (χ4v) is 6.89. The van der Waals surface area contributed by atoms with Crippen molar-refractivity contribution in [1.82, 2.24) is 14.1 Å². The van der Waals surface area contributed by atoms with Gasteiger partial charge in [0.05, 0.1) is 17.5 Å². The van der Waals surface area contributed by atoms with Crippen LogP contribution in [-0.2, 0) is 18.4 Å². The summed E-state index contributed by atoms with van der Waals surface area (Å²) in [5, 5.41) is 1.13. The lowest BCUT2D eigenvalue weighted by atomic mass is 9.76. The molecule has 43 heavy (non-hydrogen) atoms. The first kappa shape index (κ1) is 26.7. The molecule has 4 nitrogen and oxygen atoms in total. The Balaban J connectivity index is 1.40. The van der Waals surface area contributed by atoms with E-state index in [1.54, 1.807) is 0 Å². The van der Waals surface area contributed by atoms with E-state index in [2.05, 4.69) is 115 Å². The van der Waals surface area contributed by atoms with Gasteiger partial charge in [0.2, 0.25) is 0 Å². The second-order valence-corrected chi connectivity index (χ2v) is 11.1. The number of aromatic nitrogens is 3. The van der Waals surface area contributed by atoms with Gasteiger partial charge in [-0.15, -0.1) is 6.58 Å². The van der Waals surface area contributed by atoms with Crippen molar-refractivity contribution in [3.05, 3.63) is 179 Å². The lowest BCUT2D eigenvalue weighted by Gasteiger charge is -2.38. The number of allylic oxidation sites excluding steroid dienone is 2. The summed E-state index contributed by atoms with van der Waals surface area (Å²) in [5.74, 6) is 0.0298. The average Bonchev–Trinajstić information content (AvgIpc) is 3.58. The summed E-state index contributed by atoms with van der Waals surface area (Å²) in [6, 6.07) is 40.0. The molecule has 0 aliphatic carbocycles. The molecule has 4 aromatic carbocycles. The molecule has 0 bridgehead atoms. The Labute approximate surface area is 252 Å². The Morgan fingerprint density at radius 3 is 1.93 bits per heavy atom. The van der Waals surface area contributed by atoms with Crippen LogP contribution in [0.3, 0.4) is 0 Å². The normalized spacial score (nSPS) is 14.3. The quantitative estimate of drug-likeness (QED) is 0.112. The molecule has 0 atom stereocenters. The largest absolute Gasteiger partial charge is 0.316 e. The van der Waals surface area contributed by atoms with Gasteiger partial charge in [-0.05, 0) is 60.6 Å². The van der Waals surface area contributed by atoms with Gasteiger partial charge < -0.3 is 4.57 Å². The van der Waals surface area contributed by atoms with E-state index in [0.29, 0.717) is 6.42 Å². The number of carbonyl (C=O) groups excluding carboxylic acids is 1. The molecule has 0 radical (unpaired) electrons. The van der Waals surface area contributed by atoms with Crippen molar-refractivity contribution in [3.8, 4) is 0 Å². The zero-order valence-corrected chi connectivity index (χ0v) is 24.3. The molecule has 0 spiro atoms. The van der Waals surface area contributed by atoms with Gasteiger partial charge in [0, 0.05) is 22.3 Å². The smallest absolute Gasteiger partial charge is 0.258 e. The van der Waals surface area contributed by atoms with Crippen LogP contribution in [0.4, 0.5) is 0 Å². The van der Waals surface area contributed by atoms with Crippen LogP contribution < -0.4 is 0 Å². The maximum absolute atomic E-state index is 14.1. The molecule has 4 heteroatoms. The first-order chi connectivity index (χ1) is 21.1. The molecule has 1 aliphatic rings. The molecule has 210 valence electrons. The highest BCUT2D eigenvalue weighted by Gasteiger charge is 2.39. The summed E-state index contributed by atoms with van der Waals surface area (Å²) in [7, 11) is 0. The van der Waals surface area contributed by atoms with Gasteiger partial charge in [-0.3, -0.25) is 9.36 Å². The average molecular weight is 560 g/mol. The summed E-state index contributed by atoms with van der Waals surface area (Å²) in [6.07, 6.45) is 8.08. The highest BCUT2D eigenvalue weighted by atomic mass is 16.2. The molecule has 6 aromatic rings. The van der Waals surface area contributed by atoms with Gasteiger partial charge in [-0.1, -0.05) is 115 Å². The maximum Gasteiger partial charge on any atom is 0.258 e. The minimum Gasteiger partial charge on any atom is -0.316 e. The standard InChI is InChI=1S/C39H33N3O/c1-3-15-33-34-22-13-14-23-36(34)42-37(33)25-24-29(38(42)43)26-35-28(2)41(27-40-35)39(30-16-7-4-8-17-30,31-18-9-5-10-19-31)32-20-11-6-12-21-32/h3-14,16-23,26-27H,1,15,24-25H2,2H3. The van der Waals surface area contributed by atoms with Crippen molar-refractivity contribution in [1.29, 1.82) is 0 Å². The summed E-state index contributed by atoms with van der Waals surface area (Å²) < 4.78 is 4.18. The van der Waals surface area contributed by atoms with Crippen molar-refractivity contribution in [2.45, 2.75) is 31.7 Å². The fraction of sp³-hybridized carbons (Fsp3) is 0.128. The van der Waals surface area contributed by atoms with Crippen LogP contribution in [0.2, 0.25) is 0 Å². The molecule has 0 unspecified atom stereocenters. The molecule has 1 aliphatic heterocycles. The number of carbonyl (C=O) groups is 1. The van der Waals surface area contributed by atoms with E-state index in [0.717, 1.165) is 63.1 Å². The number of benzene rings is 4. The number of fused-ring (bicyclic) bond motifs is 3. The van der Waals surface area contributed by atoms with Gasteiger partial charge in [0.25, 0.3) is 5.91 Å². The summed E-state index contributed by atoms with van der Waals surface area (Å²) in [5.41, 5.74) is 8.60. The molecule has 0 saturated heterocycles. The predicted molar refractivity (Wildman–Crippen MR) is 174 cm³/mol. The van der Waals surface area contributed by atoms with Crippen LogP contribution in [0.5, 0.6) is 0 Å². The van der Waals surface area contributed by atoms with E-state index in [4.69, 9.17) is 4.98 Å². The van der Waals surface area contributed by atoms with E-state index >= 15 is 0 Å². The first-order valence-corrected chi connectivity index (χ1v) is 14.8. The van der Waals surface area contributed by atoms with E-state index in [9.17, 15) is 4.79 Å². The number of para-hydroxylation sites is 1. The number of nitrogens with zero attached hydrogens (tertiary/aromatic N) is 3. The third kappa shape index (κ3) is 4.21. The molecule has 0 saturated carbocycles. The molecule has 7 rings (SSSR count). The topological polar surface area (TPSA) is 39.8 Å². The van der Waals surface area contributed by atoms with E-state index in [1.807, 2.05) is 41.2 Å². The van der Waals surface area contributed by atoms with Crippen LogP contribution in [0.25, 0.3) is 17.0 Å². The van der Waals surface area contributed by atoms with Crippen molar-refractivity contribution >= 4 is 22.9 Å². The van der Waals surface area contributed by atoms with Crippen molar-refractivity contribution < 1.29 is 4.79 Å². The van der Waals surface area contributed by atoms with Crippen LogP contribution in [-0.4, -0.2) is 20.0 Å². The molecular weight excluding hydrogens is 526 g/mol. The van der Waals surface area contributed by atoms with Crippen LogP contribution in [0, 0.1) is 6.92 Å². The zero-order chi connectivity index (χ0) is 29.4. The minimum absolute atomic E-state index is 0.0298. The van der Waals surface area contributed by atoms with Crippen LogP contribution >= 0.6 is 0 Å². The van der Waals surface area contributed by atoms with E-state index in [1.165, 1.54) is 5.56 Å². The van der Waals surface area contributed by atoms with Crippen LogP contribution in [0.1, 0.15) is 50.6 Å². The minimum atomic E-state index is -0.655. The van der Waals surface area contributed by atoms with Gasteiger partial charge in [0.1, 0.15) is 5.54 Å². The Morgan fingerprint density at radius 2 is 1.35 bits per heavy atom. The number of rotatable bonds is 7. The molecule has 2 aromatic heterocycles. The van der Waals surface area contributed by atoms with Crippen molar-refractivity contribution in [3.63, 3.8) is 0 Å². The summed E-state index contributed by atoms with van der Waals surface area (Å²) in [6.45, 7) is 6.07. The first-order valence-electron chi connectivity index (χ1n) is 14.8. The Kier molecular flexibility index (Phi) is 6.75. The maximum atomic E-state index is 14.1. The highest BCUT2D eigenvalue weighted by Crippen LogP contribution is 2.42. The van der Waals surface area contributed by atoms with Gasteiger partial charge in [-0.25, -0.2) is 4.98 Å². The number of hydrogen-bond donors (Lipinski definition) is 0. The third-order valence-corrected chi connectivity index (χ3v) is 8.84. The summed E-state index contributed by atoms with van der Waals surface area (Å²) in [4.78, 5) is 19.0. The van der Waals surface area contributed by atoms with Gasteiger partial charge >= 0.3 is 0 Å². The van der Waals surface area contributed by atoms with Gasteiger partial charge in [0.15, 0.2) is 0 Å². The Morgan fingerprint density at radius 1 is 0.791 bits per heavy atom. The number of imidazole rings is 1. The second-order valence-electron chi connectivity index (χ2n) is 11.1. The van der Waals surface area contributed by atoms with Crippen molar-refractivity contribution in [2.24, 2.45) is 0 Å². The highest BCUT2D eigenvalue weighted by molar-refractivity contribution is 6.07. The number of hydrogen-bond acceptors (Lipinski definition) is 2. The molecule has 0 fully saturated rings. The van der Waals surface area contributed by atoms with E-state index < -0.39 is 5.54 Å². The monoisotopic (exact) mass is 559 g/mol. The molecule has 3 heterocycles. The fourth-order valence-electron chi connectivity index (χ4n) is 6.89. The molecular formula is C39H33N3O. The second kappa shape index (κ2) is 10.9. The van der Waals surface area contributed by atoms with E-state index in [-0.39, 0.29) is 5.91 Å². The van der Waals surface area contributed by atoms with Crippen LogP contribution in [0.15, 0.2) is 140 Å². The summed E-state index contributed by atoms with van der Waals surface area (Å²) >= 11 is 0. The lowest BCUT2D eigenvalue weighted by Crippen LogP contribution is -2.38. The third-order valence-electron chi connectivity index (χ3n) is 8.84. The molecule has 0 amide bonds. The Bertz CT molecular complexity index is 1880. The van der Waals surface area contributed by atoms with Crippen molar-refractivity contribution in [2.75, 3.05) is 0 Å². The zero-order valence-electron chi connectivity index (χ0n) is 24.3. The predicted octanol–water partition coefficient (Wildman–Crippen LogP) is 8.38. The lowest BCUT2D eigenvalue weighted by molar-refractivity contribution is 0.0946. The van der Waals surface area contributed by atoms with Gasteiger partial charge in [-0.2, -0.15) is 0 Å². The Hall–Kier alpha value is -5.22.